The van der Waals surface area contributed by atoms with Gasteiger partial charge >= 0.3 is 0 Å². The summed E-state index contributed by atoms with van der Waals surface area (Å²) in [7, 11) is 0. The highest BCUT2D eigenvalue weighted by atomic mass is 16.5. The topological polar surface area (TPSA) is 96.9 Å². The maximum absolute atomic E-state index is 12.0. The van der Waals surface area contributed by atoms with Gasteiger partial charge in [0.25, 0.3) is 0 Å². The van der Waals surface area contributed by atoms with Gasteiger partial charge in [0, 0.05) is 6.54 Å². The largest absolute Gasteiger partial charge is 0.508 e. The highest BCUT2D eigenvalue weighted by Gasteiger charge is 2.08. The quantitative estimate of drug-likeness (QED) is 0.0806. The van der Waals surface area contributed by atoms with Crippen molar-refractivity contribution in [3.63, 3.8) is 0 Å². The molecular formula is C35H54N2O5. The molecule has 0 heterocycles. The van der Waals surface area contributed by atoms with Gasteiger partial charge in [0.1, 0.15) is 36.0 Å². The predicted octanol–water partition coefficient (Wildman–Crippen LogP) is 8.45. The highest BCUT2D eigenvalue weighted by molar-refractivity contribution is 5.96. The Morgan fingerprint density at radius 1 is 0.571 bits per heavy atom. The van der Waals surface area contributed by atoms with Crippen LogP contribution in [-0.4, -0.2) is 36.6 Å². The van der Waals surface area contributed by atoms with E-state index in [1.54, 1.807) is 48.5 Å². The smallest absolute Gasteiger partial charge is 0.229 e. The molecule has 2 amide bonds. The van der Waals surface area contributed by atoms with Crippen molar-refractivity contribution < 1.29 is 24.2 Å². The lowest BCUT2D eigenvalue weighted by Gasteiger charge is -2.10. The molecule has 0 aliphatic carbocycles. The molecule has 7 heteroatoms. The third-order valence-corrected chi connectivity index (χ3v) is 7.26. The van der Waals surface area contributed by atoms with E-state index in [4.69, 9.17) is 9.47 Å². The van der Waals surface area contributed by atoms with Crippen LogP contribution < -0.4 is 20.1 Å². The molecular weight excluding hydrogens is 528 g/mol. The Morgan fingerprint density at radius 3 is 1.48 bits per heavy atom. The van der Waals surface area contributed by atoms with E-state index in [1.807, 2.05) is 0 Å². The molecule has 0 aliphatic rings. The van der Waals surface area contributed by atoms with Crippen LogP contribution in [0.4, 0.5) is 0 Å². The lowest BCUT2D eigenvalue weighted by molar-refractivity contribution is -0.129. The van der Waals surface area contributed by atoms with Gasteiger partial charge in [0.2, 0.25) is 11.8 Å². The number of nitrogens with one attached hydrogen (secondary N) is 2. The maximum Gasteiger partial charge on any atom is 0.229 e. The molecule has 42 heavy (non-hydrogen) atoms. The van der Waals surface area contributed by atoms with Crippen molar-refractivity contribution in [2.45, 2.75) is 116 Å². The van der Waals surface area contributed by atoms with E-state index in [1.165, 1.54) is 89.9 Å². The van der Waals surface area contributed by atoms with E-state index in [0.29, 0.717) is 36.9 Å². The van der Waals surface area contributed by atoms with Crippen LogP contribution >= 0.6 is 0 Å². The fraction of sp³-hybridized carbons (Fsp3) is 0.600. The number of carbonyl (C=O) groups is 2. The van der Waals surface area contributed by atoms with Gasteiger partial charge < -0.3 is 25.2 Å². The van der Waals surface area contributed by atoms with Crippen molar-refractivity contribution in [2.24, 2.45) is 0 Å². The number of ether oxygens (including phenoxy) is 2. The third kappa shape index (κ3) is 18.3. The highest BCUT2D eigenvalue weighted by Crippen LogP contribution is 2.25. The van der Waals surface area contributed by atoms with Gasteiger partial charge in [-0.2, -0.15) is 0 Å². The summed E-state index contributed by atoms with van der Waals surface area (Å²) in [4.78, 5) is 24.0. The Bertz CT molecular complexity index is 962. The van der Waals surface area contributed by atoms with E-state index in [9.17, 15) is 14.7 Å². The zero-order chi connectivity index (χ0) is 30.1. The van der Waals surface area contributed by atoms with Crippen molar-refractivity contribution in [2.75, 3.05) is 19.7 Å². The maximum atomic E-state index is 12.0. The number of phenolic OH excluding ortho intramolecular Hbond substituents is 1. The van der Waals surface area contributed by atoms with Crippen molar-refractivity contribution >= 4 is 11.8 Å². The lowest BCUT2D eigenvalue weighted by Crippen LogP contribution is -2.34. The Hall–Kier alpha value is -3.22. The molecule has 0 atom stereocenters. The van der Waals surface area contributed by atoms with Gasteiger partial charge in [-0.25, -0.2) is 0 Å². The minimum Gasteiger partial charge on any atom is -0.508 e. The minimum atomic E-state index is -0.305. The van der Waals surface area contributed by atoms with Gasteiger partial charge in [-0.1, -0.05) is 103 Å². The Labute approximate surface area is 253 Å². The average molecular weight is 583 g/mol. The van der Waals surface area contributed by atoms with Crippen LogP contribution in [0.15, 0.2) is 48.5 Å². The Kier molecular flexibility index (Phi) is 19.4. The summed E-state index contributed by atoms with van der Waals surface area (Å²) in [5, 5.41) is 14.9. The van der Waals surface area contributed by atoms with Crippen molar-refractivity contribution in [1.29, 1.82) is 0 Å². The predicted molar refractivity (Wildman–Crippen MR) is 170 cm³/mol. The fourth-order valence-corrected chi connectivity index (χ4v) is 4.79. The standard InChI is InChI=1S/C35H54N2O5/c1-2-3-4-5-6-7-8-9-10-11-12-13-14-15-16-17-26-36-34(39)29-35(40)37-27-28-41-31-22-24-33(25-23-31)42-32-20-18-30(38)19-21-32/h18-25,38H,2-17,26-29H2,1H3,(H,36,39)(H,37,40). The first-order valence-electron chi connectivity index (χ1n) is 16.3. The molecule has 2 rings (SSSR count). The molecule has 0 spiro atoms. The monoisotopic (exact) mass is 582 g/mol. The van der Waals surface area contributed by atoms with Crippen LogP contribution in [0.2, 0.25) is 0 Å². The number of rotatable bonds is 25. The lowest BCUT2D eigenvalue weighted by atomic mass is 10.0. The zero-order valence-corrected chi connectivity index (χ0v) is 25.8. The minimum absolute atomic E-state index is 0.165. The van der Waals surface area contributed by atoms with E-state index in [0.717, 1.165) is 12.8 Å². The summed E-state index contributed by atoms with van der Waals surface area (Å²) in [5.74, 6) is 1.56. The van der Waals surface area contributed by atoms with Gasteiger partial charge in [-0.3, -0.25) is 9.59 Å². The number of amides is 2. The van der Waals surface area contributed by atoms with Crippen molar-refractivity contribution in [3.8, 4) is 23.0 Å². The van der Waals surface area contributed by atoms with E-state index < -0.39 is 0 Å². The van der Waals surface area contributed by atoms with Crippen LogP contribution in [0, 0.1) is 0 Å². The summed E-state index contributed by atoms with van der Waals surface area (Å²) in [6, 6.07) is 13.6. The molecule has 3 N–H and O–H groups in total. The summed E-state index contributed by atoms with van der Waals surface area (Å²) < 4.78 is 11.4. The zero-order valence-electron chi connectivity index (χ0n) is 25.8. The second kappa shape index (κ2) is 23.4. The van der Waals surface area contributed by atoms with Gasteiger partial charge in [-0.15, -0.1) is 0 Å². The molecule has 0 aliphatic heterocycles. The van der Waals surface area contributed by atoms with Crippen LogP contribution in [0.25, 0.3) is 0 Å². The number of unbranched alkanes of at least 4 members (excludes halogenated alkanes) is 15. The summed E-state index contributed by atoms with van der Waals surface area (Å²) in [6.07, 6.45) is 21.0. The Morgan fingerprint density at radius 2 is 0.976 bits per heavy atom. The summed E-state index contributed by atoms with van der Waals surface area (Å²) in [6.45, 7) is 3.51. The molecule has 2 aromatic rings. The van der Waals surface area contributed by atoms with Crippen LogP contribution in [-0.2, 0) is 9.59 Å². The SMILES string of the molecule is CCCCCCCCCCCCCCCCCCNC(=O)CC(=O)NCCOc1ccc(Oc2ccc(O)cc2)cc1. The second-order valence-electron chi connectivity index (χ2n) is 11.1. The molecule has 0 saturated heterocycles. The molecule has 0 saturated carbocycles. The van der Waals surface area contributed by atoms with E-state index >= 15 is 0 Å². The normalized spacial score (nSPS) is 10.8. The van der Waals surface area contributed by atoms with E-state index in [-0.39, 0.29) is 24.0 Å². The molecule has 0 radical (unpaired) electrons. The number of hydrogen-bond donors (Lipinski definition) is 3. The summed E-state index contributed by atoms with van der Waals surface area (Å²) in [5.41, 5.74) is 0. The van der Waals surface area contributed by atoms with Crippen LogP contribution in [0.1, 0.15) is 116 Å². The number of aromatic hydroxyl groups is 1. The molecule has 2 aromatic carbocycles. The van der Waals surface area contributed by atoms with Crippen LogP contribution in [0.3, 0.4) is 0 Å². The van der Waals surface area contributed by atoms with E-state index in [2.05, 4.69) is 17.6 Å². The average Bonchev–Trinajstić information content (AvgIpc) is 2.99. The first-order chi connectivity index (χ1) is 20.6. The molecule has 0 fully saturated rings. The summed E-state index contributed by atoms with van der Waals surface area (Å²) >= 11 is 0. The van der Waals surface area contributed by atoms with Gasteiger partial charge in [0.05, 0.1) is 6.54 Å². The van der Waals surface area contributed by atoms with Crippen molar-refractivity contribution in [1.82, 2.24) is 10.6 Å². The van der Waals surface area contributed by atoms with Crippen LogP contribution in [0.5, 0.6) is 23.0 Å². The molecule has 0 bridgehead atoms. The number of carbonyl (C=O) groups excluding carboxylic acids is 2. The number of phenols is 1. The molecule has 0 unspecified atom stereocenters. The fourth-order valence-electron chi connectivity index (χ4n) is 4.79. The second-order valence-corrected chi connectivity index (χ2v) is 11.1. The third-order valence-electron chi connectivity index (χ3n) is 7.26. The first-order valence-corrected chi connectivity index (χ1v) is 16.3. The number of hydrogen-bond acceptors (Lipinski definition) is 5. The molecule has 234 valence electrons. The van der Waals surface area contributed by atoms with Gasteiger partial charge in [-0.05, 0) is 55.0 Å². The number of benzene rings is 2. The molecule has 0 aromatic heterocycles. The van der Waals surface area contributed by atoms with Crippen molar-refractivity contribution in [3.05, 3.63) is 48.5 Å². The molecule has 7 nitrogen and oxygen atoms in total. The first kappa shape index (κ1) is 35.0. The van der Waals surface area contributed by atoms with Gasteiger partial charge in [0.15, 0.2) is 0 Å². The Balaban J connectivity index is 1.36.